The molecule has 0 unspecified atom stereocenters. The summed E-state index contributed by atoms with van der Waals surface area (Å²) in [6, 6.07) is 0. The largest absolute Gasteiger partial charge is 0.574 e. The van der Waals surface area contributed by atoms with E-state index in [1.165, 1.54) is 0 Å². The highest BCUT2D eigenvalue weighted by Crippen LogP contribution is 2.41. The van der Waals surface area contributed by atoms with Crippen LogP contribution in [0.25, 0.3) is 0 Å². The highest BCUT2D eigenvalue weighted by Gasteiger charge is 2.41. The summed E-state index contributed by atoms with van der Waals surface area (Å²) in [5.41, 5.74) is -3.46. The van der Waals surface area contributed by atoms with Crippen LogP contribution in [0.3, 0.4) is 0 Å². The van der Waals surface area contributed by atoms with Gasteiger partial charge in [0, 0.05) is 0 Å². The van der Waals surface area contributed by atoms with Crippen molar-refractivity contribution in [2.24, 2.45) is 0 Å². The summed E-state index contributed by atoms with van der Waals surface area (Å²) in [7, 11) is 0. The molecule has 18 heavy (non-hydrogen) atoms. The molecular weight excluding hydrogens is 275 g/mol. The Morgan fingerprint density at radius 2 is 1.72 bits per heavy atom. The number of halogens is 7. The lowest BCUT2D eigenvalue weighted by atomic mass is 10.1. The van der Waals surface area contributed by atoms with Crippen molar-refractivity contribution in [3.8, 4) is 11.6 Å². The smallest absolute Gasteiger partial charge is 0.506 e. The van der Waals surface area contributed by atoms with Crippen molar-refractivity contribution in [2.45, 2.75) is 19.2 Å². The van der Waals surface area contributed by atoms with Crippen molar-refractivity contribution in [1.29, 1.82) is 0 Å². The van der Waals surface area contributed by atoms with Crippen LogP contribution < -0.4 is 4.74 Å². The summed E-state index contributed by atoms with van der Waals surface area (Å²) < 4.78 is 88.4. The second-order valence-corrected chi connectivity index (χ2v) is 2.98. The molecule has 0 saturated heterocycles. The maximum atomic E-state index is 12.4. The standard InChI is InChI=1S/C8H4F7NO2/c9-1-3-5(7(10,11)12)4(17)2-16-6(3)18-8(13,14)15/h2,17H,1H2. The molecule has 0 radical (unpaired) electrons. The van der Waals surface area contributed by atoms with Gasteiger partial charge in [-0.15, -0.1) is 13.2 Å². The zero-order valence-electron chi connectivity index (χ0n) is 8.23. The first-order valence-corrected chi connectivity index (χ1v) is 4.16. The van der Waals surface area contributed by atoms with Crippen LogP contribution in [0.4, 0.5) is 30.7 Å². The molecule has 1 heterocycles. The SMILES string of the molecule is Oc1cnc(OC(F)(F)F)c(CF)c1C(F)(F)F. The molecule has 0 bridgehead atoms. The molecular formula is C8H4F7NO2. The summed E-state index contributed by atoms with van der Waals surface area (Å²) in [4.78, 5) is 2.78. The normalized spacial score (nSPS) is 12.6. The van der Waals surface area contributed by atoms with Gasteiger partial charge in [0.2, 0.25) is 5.88 Å². The van der Waals surface area contributed by atoms with Crippen molar-refractivity contribution in [3.63, 3.8) is 0 Å². The van der Waals surface area contributed by atoms with Gasteiger partial charge in [0.25, 0.3) is 0 Å². The van der Waals surface area contributed by atoms with E-state index < -0.39 is 42.0 Å². The second kappa shape index (κ2) is 4.50. The van der Waals surface area contributed by atoms with Gasteiger partial charge in [0.15, 0.2) is 0 Å². The molecule has 0 fully saturated rings. The van der Waals surface area contributed by atoms with E-state index in [2.05, 4.69) is 9.72 Å². The van der Waals surface area contributed by atoms with Gasteiger partial charge in [-0.3, -0.25) is 0 Å². The predicted molar refractivity (Wildman–Crippen MR) is 42.4 cm³/mol. The van der Waals surface area contributed by atoms with E-state index in [9.17, 15) is 30.7 Å². The minimum atomic E-state index is -5.32. The summed E-state index contributed by atoms with van der Waals surface area (Å²) in [5, 5.41) is 8.89. The topological polar surface area (TPSA) is 42.4 Å². The molecule has 0 amide bonds. The Balaban J connectivity index is 3.39. The van der Waals surface area contributed by atoms with Gasteiger partial charge in [-0.05, 0) is 0 Å². The van der Waals surface area contributed by atoms with E-state index in [0.717, 1.165) is 0 Å². The molecule has 3 nitrogen and oxygen atoms in total. The molecule has 1 rings (SSSR count). The lowest BCUT2D eigenvalue weighted by molar-refractivity contribution is -0.276. The Bertz CT molecular complexity index is 440. The molecule has 1 aromatic rings. The van der Waals surface area contributed by atoms with Crippen molar-refractivity contribution < 1.29 is 40.6 Å². The number of ether oxygens (including phenoxy) is 1. The molecule has 0 saturated carbocycles. The van der Waals surface area contributed by atoms with Gasteiger partial charge in [-0.2, -0.15) is 13.2 Å². The first-order valence-electron chi connectivity index (χ1n) is 4.16. The Hall–Kier alpha value is -1.74. The van der Waals surface area contributed by atoms with Crippen LogP contribution >= 0.6 is 0 Å². The Kier molecular flexibility index (Phi) is 3.58. The van der Waals surface area contributed by atoms with Crippen LogP contribution in [0.1, 0.15) is 11.1 Å². The minimum absolute atomic E-state index is 0.100. The Morgan fingerprint density at radius 1 is 1.17 bits per heavy atom. The maximum Gasteiger partial charge on any atom is 0.574 e. The fourth-order valence-electron chi connectivity index (χ4n) is 1.16. The zero-order valence-corrected chi connectivity index (χ0v) is 8.23. The van der Waals surface area contributed by atoms with Gasteiger partial charge in [0.05, 0.1) is 11.8 Å². The highest BCUT2D eigenvalue weighted by molar-refractivity contribution is 5.44. The van der Waals surface area contributed by atoms with Crippen molar-refractivity contribution in [3.05, 3.63) is 17.3 Å². The Morgan fingerprint density at radius 3 is 2.11 bits per heavy atom. The van der Waals surface area contributed by atoms with Crippen LogP contribution in [0.15, 0.2) is 6.20 Å². The first-order chi connectivity index (χ1) is 8.06. The van der Waals surface area contributed by atoms with E-state index in [-0.39, 0.29) is 6.20 Å². The molecule has 0 aromatic carbocycles. The fraction of sp³-hybridized carbons (Fsp3) is 0.375. The summed E-state index contributed by atoms with van der Waals surface area (Å²) >= 11 is 0. The van der Waals surface area contributed by atoms with Crippen LogP contribution in [0.5, 0.6) is 11.6 Å². The van der Waals surface area contributed by atoms with E-state index in [1.807, 2.05) is 0 Å². The molecule has 10 heteroatoms. The Labute approximate surface area is 94.8 Å². The predicted octanol–water partition coefficient (Wildman–Crippen LogP) is 3.17. The molecule has 0 aliphatic heterocycles. The van der Waals surface area contributed by atoms with Gasteiger partial charge in [0.1, 0.15) is 18.0 Å². The van der Waals surface area contributed by atoms with Crippen molar-refractivity contribution in [2.75, 3.05) is 0 Å². The third-order valence-electron chi connectivity index (χ3n) is 1.75. The van der Waals surface area contributed by atoms with E-state index >= 15 is 0 Å². The number of hydrogen-bond donors (Lipinski definition) is 1. The van der Waals surface area contributed by atoms with E-state index in [1.54, 1.807) is 0 Å². The molecule has 0 aliphatic rings. The molecule has 102 valence electrons. The number of nitrogens with zero attached hydrogens (tertiary/aromatic N) is 1. The third kappa shape index (κ3) is 3.14. The monoisotopic (exact) mass is 279 g/mol. The van der Waals surface area contributed by atoms with E-state index in [0.29, 0.717) is 0 Å². The van der Waals surface area contributed by atoms with Crippen LogP contribution in [-0.2, 0) is 12.9 Å². The van der Waals surface area contributed by atoms with Crippen LogP contribution in [-0.4, -0.2) is 16.5 Å². The van der Waals surface area contributed by atoms with Crippen LogP contribution in [0, 0.1) is 0 Å². The lowest BCUT2D eigenvalue weighted by Gasteiger charge is -2.16. The molecule has 1 aromatic heterocycles. The van der Waals surface area contributed by atoms with Crippen molar-refractivity contribution in [1.82, 2.24) is 4.98 Å². The number of alkyl halides is 7. The number of aromatic nitrogens is 1. The van der Waals surface area contributed by atoms with Crippen LogP contribution in [0.2, 0.25) is 0 Å². The van der Waals surface area contributed by atoms with Crippen molar-refractivity contribution >= 4 is 0 Å². The fourth-order valence-corrected chi connectivity index (χ4v) is 1.16. The number of pyridine rings is 1. The average Bonchev–Trinajstić information content (AvgIpc) is 2.16. The molecule has 1 N–H and O–H groups in total. The summed E-state index contributed by atoms with van der Waals surface area (Å²) in [6.07, 6.45) is -10.5. The highest BCUT2D eigenvalue weighted by atomic mass is 19.4. The van der Waals surface area contributed by atoms with E-state index in [4.69, 9.17) is 5.11 Å². The molecule has 0 aliphatic carbocycles. The molecule has 0 spiro atoms. The van der Waals surface area contributed by atoms with Gasteiger partial charge < -0.3 is 9.84 Å². The van der Waals surface area contributed by atoms with Gasteiger partial charge >= 0.3 is 12.5 Å². The summed E-state index contributed by atoms with van der Waals surface area (Å²) in [5.74, 6) is -3.07. The quantitative estimate of drug-likeness (QED) is 0.845. The third-order valence-corrected chi connectivity index (χ3v) is 1.75. The minimum Gasteiger partial charge on any atom is -0.506 e. The lowest BCUT2D eigenvalue weighted by Crippen LogP contribution is -2.20. The molecule has 0 atom stereocenters. The second-order valence-electron chi connectivity index (χ2n) is 2.98. The zero-order chi connectivity index (χ0) is 14.1. The number of aromatic hydroxyl groups is 1. The van der Waals surface area contributed by atoms with Gasteiger partial charge in [-0.25, -0.2) is 9.37 Å². The maximum absolute atomic E-state index is 12.4. The first kappa shape index (κ1) is 14.3. The summed E-state index contributed by atoms with van der Waals surface area (Å²) in [6.45, 7) is -1.93. The van der Waals surface area contributed by atoms with Gasteiger partial charge in [-0.1, -0.05) is 0 Å². The number of rotatable bonds is 2. The number of hydrogen-bond acceptors (Lipinski definition) is 3. The average molecular weight is 279 g/mol.